The molecule has 1 amide bonds. The minimum Gasteiger partial charge on any atom is -0.465 e. The van der Waals surface area contributed by atoms with Crippen LogP contribution in [0.5, 0.6) is 0 Å². The SMILES string of the molecule is COC(=O)c1ccc(C)c(NC(=O)CN2CCN(Cc3nc(-c4ccccc4C)no3)CC2)c1. The zero-order valence-electron chi connectivity index (χ0n) is 19.7. The van der Waals surface area contributed by atoms with E-state index in [9.17, 15) is 9.59 Å². The van der Waals surface area contributed by atoms with Gasteiger partial charge in [0.1, 0.15) is 0 Å². The van der Waals surface area contributed by atoms with Crippen molar-refractivity contribution in [3.05, 3.63) is 65.0 Å². The molecule has 3 aromatic rings. The van der Waals surface area contributed by atoms with Crippen molar-refractivity contribution >= 4 is 17.6 Å². The van der Waals surface area contributed by atoms with Gasteiger partial charge in [0.05, 0.1) is 25.8 Å². The molecule has 0 unspecified atom stereocenters. The highest BCUT2D eigenvalue weighted by atomic mass is 16.5. The number of methoxy groups -OCH3 is 1. The summed E-state index contributed by atoms with van der Waals surface area (Å²) in [6, 6.07) is 13.1. The number of amides is 1. The van der Waals surface area contributed by atoms with Gasteiger partial charge < -0.3 is 14.6 Å². The lowest BCUT2D eigenvalue weighted by molar-refractivity contribution is -0.117. The van der Waals surface area contributed by atoms with E-state index in [1.807, 2.05) is 38.1 Å². The van der Waals surface area contributed by atoms with Crippen LogP contribution in [0.2, 0.25) is 0 Å². The van der Waals surface area contributed by atoms with Gasteiger partial charge in [0.15, 0.2) is 0 Å². The van der Waals surface area contributed by atoms with Gasteiger partial charge in [-0.25, -0.2) is 4.79 Å². The van der Waals surface area contributed by atoms with Gasteiger partial charge >= 0.3 is 5.97 Å². The van der Waals surface area contributed by atoms with Crippen molar-refractivity contribution in [2.75, 3.05) is 45.2 Å². The Morgan fingerprint density at radius 3 is 2.50 bits per heavy atom. The predicted octanol–water partition coefficient (Wildman–Crippen LogP) is 2.90. The number of esters is 1. The number of hydrogen-bond acceptors (Lipinski definition) is 8. The van der Waals surface area contributed by atoms with Crippen LogP contribution in [0, 0.1) is 13.8 Å². The Morgan fingerprint density at radius 1 is 1.03 bits per heavy atom. The van der Waals surface area contributed by atoms with Crippen molar-refractivity contribution in [1.82, 2.24) is 19.9 Å². The summed E-state index contributed by atoms with van der Waals surface area (Å²) in [6.07, 6.45) is 0. The van der Waals surface area contributed by atoms with Gasteiger partial charge in [0.2, 0.25) is 17.6 Å². The van der Waals surface area contributed by atoms with Crippen LogP contribution in [-0.2, 0) is 16.1 Å². The number of aryl methyl sites for hydroxylation is 2. The maximum atomic E-state index is 12.6. The molecule has 0 spiro atoms. The summed E-state index contributed by atoms with van der Waals surface area (Å²) in [4.78, 5) is 33.3. The standard InChI is InChI=1S/C25H29N5O4/c1-17-6-4-5-7-20(17)24-27-23(34-28-24)16-30-12-10-29(11-13-30)15-22(31)26-21-14-19(25(32)33-3)9-8-18(21)2/h4-9,14H,10-13,15-16H2,1-3H3,(H,26,31). The molecule has 9 heteroatoms. The number of benzene rings is 2. The fraction of sp³-hybridized carbons (Fsp3) is 0.360. The Bertz CT molecular complexity index is 1170. The van der Waals surface area contributed by atoms with Crippen LogP contribution in [0.25, 0.3) is 11.4 Å². The normalized spacial score (nSPS) is 14.7. The highest BCUT2D eigenvalue weighted by Crippen LogP contribution is 2.21. The fourth-order valence-electron chi connectivity index (χ4n) is 3.94. The molecule has 34 heavy (non-hydrogen) atoms. The molecule has 1 aliphatic heterocycles. The first-order chi connectivity index (χ1) is 16.4. The third kappa shape index (κ3) is 5.67. The van der Waals surface area contributed by atoms with Crippen LogP contribution in [0.4, 0.5) is 5.69 Å². The number of nitrogens with zero attached hydrogens (tertiary/aromatic N) is 4. The summed E-state index contributed by atoms with van der Waals surface area (Å²) in [5.74, 6) is 0.651. The lowest BCUT2D eigenvalue weighted by Crippen LogP contribution is -2.48. The van der Waals surface area contributed by atoms with E-state index < -0.39 is 5.97 Å². The van der Waals surface area contributed by atoms with Crippen molar-refractivity contribution < 1.29 is 18.8 Å². The number of aromatic nitrogens is 2. The number of ether oxygens (including phenoxy) is 1. The second-order valence-electron chi connectivity index (χ2n) is 8.45. The molecule has 1 N–H and O–H groups in total. The molecular weight excluding hydrogens is 434 g/mol. The van der Waals surface area contributed by atoms with Gasteiger partial charge in [-0.15, -0.1) is 0 Å². The van der Waals surface area contributed by atoms with Gasteiger partial charge in [0, 0.05) is 37.4 Å². The molecule has 1 aliphatic rings. The van der Waals surface area contributed by atoms with Crippen LogP contribution >= 0.6 is 0 Å². The summed E-state index contributed by atoms with van der Waals surface area (Å²) in [6.45, 7) is 7.89. The molecule has 0 aliphatic carbocycles. The van der Waals surface area contributed by atoms with Crippen LogP contribution in [0.1, 0.15) is 27.4 Å². The van der Waals surface area contributed by atoms with Crippen molar-refractivity contribution in [3.63, 3.8) is 0 Å². The van der Waals surface area contributed by atoms with Gasteiger partial charge in [-0.05, 0) is 37.1 Å². The lowest BCUT2D eigenvalue weighted by atomic mass is 10.1. The molecule has 1 saturated heterocycles. The maximum Gasteiger partial charge on any atom is 0.337 e. The third-order valence-corrected chi connectivity index (χ3v) is 5.98. The Balaban J connectivity index is 1.27. The highest BCUT2D eigenvalue weighted by Gasteiger charge is 2.21. The topological polar surface area (TPSA) is 101 Å². The molecule has 1 aromatic heterocycles. The summed E-state index contributed by atoms with van der Waals surface area (Å²) in [5, 5.41) is 7.05. The lowest BCUT2D eigenvalue weighted by Gasteiger charge is -2.33. The number of carbonyl (C=O) groups is 2. The fourth-order valence-corrected chi connectivity index (χ4v) is 3.94. The zero-order valence-corrected chi connectivity index (χ0v) is 19.7. The zero-order chi connectivity index (χ0) is 24.1. The minimum atomic E-state index is -0.432. The molecule has 4 rings (SSSR count). The molecule has 0 bridgehead atoms. The number of rotatable bonds is 7. The smallest absolute Gasteiger partial charge is 0.337 e. The van der Waals surface area contributed by atoms with Crippen LogP contribution in [-0.4, -0.2) is 71.7 Å². The van der Waals surface area contributed by atoms with E-state index in [4.69, 9.17) is 9.26 Å². The summed E-state index contributed by atoms with van der Waals surface area (Å²) >= 11 is 0. The van der Waals surface area contributed by atoms with Crippen LogP contribution in [0.15, 0.2) is 47.0 Å². The van der Waals surface area contributed by atoms with Gasteiger partial charge in [0.25, 0.3) is 0 Å². The molecule has 0 atom stereocenters. The average molecular weight is 464 g/mol. The Kier molecular flexibility index (Phi) is 7.34. The van der Waals surface area contributed by atoms with E-state index in [2.05, 4.69) is 25.3 Å². The summed E-state index contributed by atoms with van der Waals surface area (Å²) in [5.41, 5.74) is 3.99. The number of piperazine rings is 1. The van der Waals surface area contributed by atoms with Crippen molar-refractivity contribution in [3.8, 4) is 11.4 Å². The summed E-state index contributed by atoms with van der Waals surface area (Å²) in [7, 11) is 1.34. The molecule has 2 heterocycles. The predicted molar refractivity (Wildman–Crippen MR) is 127 cm³/mol. The number of carbonyl (C=O) groups excluding carboxylic acids is 2. The maximum absolute atomic E-state index is 12.6. The van der Waals surface area contributed by atoms with Gasteiger partial charge in [-0.2, -0.15) is 4.98 Å². The van der Waals surface area contributed by atoms with Gasteiger partial charge in [-0.1, -0.05) is 35.5 Å². The van der Waals surface area contributed by atoms with Gasteiger partial charge in [-0.3, -0.25) is 14.6 Å². The number of nitrogens with one attached hydrogen (secondary N) is 1. The second kappa shape index (κ2) is 10.6. The van der Waals surface area contributed by atoms with Crippen LogP contribution in [0.3, 0.4) is 0 Å². The van der Waals surface area contributed by atoms with Crippen LogP contribution < -0.4 is 5.32 Å². The first kappa shape index (κ1) is 23.6. The van der Waals surface area contributed by atoms with E-state index in [1.54, 1.807) is 18.2 Å². The molecule has 9 nitrogen and oxygen atoms in total. The van der Waals surface area contributed by atoms with E-state index in [-0.39, 0.29) is 12.5 Å². The number of anilines is 1. The molecule has 0 saturated carbocycles. The molecular formula is C25H29N5O4. The van der Waals surface area contributed by atoms with Crippen molar-refractivity contribution in [2.24, 2.45) is 0 Å². The monoisotopic (exact) mass is 463 g/mol. The van der Waals surface area contributed by atoms with E-state index in [0.717, 1.165) is 42.9 Å². The molecule has 0 radical (unpaired) electrons. The molecule has 1 fully saturated rings. The quantitative estimate of drug-likeness (QED) is 0.534. The first-order valence-corrected chi connectivity index (χ1v) is 11.2. The second-order valence-corrected chi connectivity index (χ2v) is 8.45. The van der Waals surface area contributed by atoms with Crippen molar-refractivity contribution in [1.29, 1.82) is 0 Å². The molecule has 178 valence electrons. The molecule has 2 aromatic carbocycles. The Hall–Kier alpha value is -3.56. The number of hydrogen-bond donors (Lipinski definition) is 1. The Morgan fingerprint density at radius 2 is 1.76 bits per heavy atom. The van der Waals surface area contributed by atoms with E-state index in [0.29, 0.717) is 29.5 Å². The first-order valence-electron chi connectivity index (χ1n) is 11.2. The average Bonchev–Trinajstić information content (AvgIpc) is 3.29. The van der Waals surface area contributed by atoms with E-state index in [1.165, 1.54) is 7.11 Å². The Labute approximate surface area is 198 Å². The third-order valence-electron chi connectivity index (χ3n) is 5.98. The highest BCUT2D eigenvalue weighted by molar-refractivity contribution is 5.96. The summed E-state index contributed by atoms with van der Waals surface area (Å²) < 4.78 is 10.2. The largest absolute Gasteiger partial charge is 0.465 e. The van der Waals surface area contributed by atoms with E-state index >= 15 is 0 Å². The van der Waals surface area contributed by atoms with Crippen molar-refractivity contribution in [2.45, 2.75) is 20.4 Å². The minimum absolute atomic E-state index is 0.113.